The predicted molar refractivity (Wildman–Crippen MR) is 109 cm³/mol. The molecule has 2 aromatic rings. The van der Waals surface area contributed by atoms with Crippen molar-refractivity contribution < 1.29 is 9.31 Å². The molecule has 0 amide bonds. The molecule has 1 aliphatic rings. The highest BCUT2D eigenvalue weighted by atomic mass is 35.5. The van der Waals surface area contributed by atoms with Crippen molar-refractivity contribution in [2.75, 3.05) is 32.3 Å². The fourth-order valence-corrected chi connectivity index (χ4v) is 3.49. The van der Waals surface area contributed by atoms with Crippen LogP contribution in [0, 0.1) is 0 Å². The van der Waals surface area contributed by atoms with E-state index >= 15 is 0 Å². The number of halogens is 1. The molecule has 2 aromatic carbocycles. The number of hydrogen-bond acceptors (Lipinski definition) is 3. The van der Waals surface area contributed by atoms with Crippen molar-refractivity contribution in [2.45, 2.75) is 19.3 Å². The first-order valence-electron chi connectivity index (χ1n) is 8.72. The summed E-state index contributed by atoms with van der Waals surface area (Å²) >= 11 is 5.97. The van der Waals surface area contributed by atoms with Crippen LogP contribution in [0.25, 0.3) is 0 Å². The minimum atomic E-state index is -0.116. The van der Waals surface area contributed by atoms with Gasteiger partial charge in [-0.15, -0.1) is 0 Å². The highest BCUT2D eigenvalue weighted by molar-refractivity contribution is 6.33. The topological polar surface area (TPSA) is 27.8 Å². The molecule has 0 bridgehead atoms. The van der Waals surface area contributed by atoms with Crippen LogP contribution in [-0.2, 0) is 10.2 Å². The maximum atomic E-state index is 5.97. The minimum Gasteiger partial charge on any atom is -0.378 e. The van der Waals surface area contributed by atoms with E-state index in [0.717, 1.165) is 23.0 Å². The van der Waals surface area contributed by atoms with E-state index in [9.17, 15) is 0 Å². The Labute approximate surface area is 160 Å². The molecule has 0 saturated heterocycles. The van der Waals surface area contributed by atoms with Gasteiger partial charge in [0.05, 0.1) is 11.1 Å². The largest absolute Gasteiger partial charge is 0.378 e. The third-order valence-electron chi connectivity index (χ3n) is 4.87. The van der Waals surface area contributed by atoms with Crippen molar-refractivity contribution in [1.29, 1.82) is 0 Å². The fourth-order valence-electron chi connectivity index (χ4n) is 3.36. The zero-order valence-electron chi connectivity index (χ0n) is 15.7. The van der Waals surface area contributed by atoms with Crippen LogP contribution in [0.5, 0.6) is 0 Å². The summed E-state index contributed by atoms with van der Waals surface area (Å²) in [4.78, 5) is 0. The predicted octanol–water partition coefficient (Wildman–Crippen LogP) is 4.48. The van der Waals surface area contributed by atoms with Crippen LogP contribution < -0.4 is 5.01 Å². The number of anilines is 1. The lowest BCUT2D eigenvalue weighted by molar-refractivity contribution is -0.440. The molecule has 0 atom stereocenters. The summed E-state index contributed by atoms with van der Waals surface area (Å²) in [5.74, 6) is 0. The molecule has 0 aliphatic carbocycles. The average molecular weight is 371 g/mol. The van der Waals surface area contributed by atoms with Crippen molar-refractivity contribution in [1.82, 2.24) is 0 Å². The van der Waals surface area contributed by atoms with Gasteiger partial charge in [0.15, 0.2) is 6.54 Å². The molecule has 4 nitrogen and oxygen atoms in total. The Kier molecular flexibility index (Phi) is 5.44. The monoisotopic (exact) mass is 370 g/mol. The first kappa shape index (κ1) is 18.6. The number of benzene rings is 2. The Morgan fingerprint density at radius 2 is 1.85 bits per heavy atom. The Bertz CT molecular complexity index is 841. The van der Waals surface area contributed by atoms with Gasteiger partial charge in [-0.3, -0.25) is 5.01 Å². The lowest BCUT2D eigenvalue weighted by atomic mass is 9.82. The number of nitrogens with zero attached hydrogens (tertiary/aromatic N) is 3. The van der Waals surface area contributed by atoms with Gasteiger partial charge in [0.25, 0.3) is 0 Å². The van der Waals surface area contributed by atoms with Crippen LogP contribution in [0.1, 0.15) is 19.4 Å². The van der Waals surface area contributed by atoms with Crippen molar-refractivity contribution >= 4 is 34.9 Å². The molecular formula is C21H25ClN3O+. The molecule has 26 heavy (non-hydrogen) atoms. The normalized spacial score (nSPS) is 15.6. The summed E-state index contributed by atoms with van der Waals surface area (Å²) in [6.45, 7) is 5.93. The smallest absolute Gasteiger partial charge is 0.212 e. The molecule has 1 heterocycles. The van der Waals surface area contributed by atoms with Gasteiger partial charge in [0.2, 0.25) is 11.4 Å². The number of hydrazone groups is 1. The van der Waals surface area contributed by atoms with Crippen LogP contribution in [0.15, 0.2) is 53.6 Å². The van der Waals surface area contributed by atoms with Crippen molar-refractivity contribution in [3.8, 4) is 0 Å². The van der Waals surface area contributed by atoms with Crippen LogP contribution in [-0.4, -0.2) is 43.8 Å². The molecule has 0 aromatic heterocycles. The number of ether oxygens (including phenoxy) is 1. The van der Waals surface area contributed by atoms with Gasteiger partial charge < -0.3 is 4.74 Å². The molecule has 0 spiro atoms. The first-order valence-corrected chi connectivity index (χ1v) is 9.09. The number of hydrogen-bond donors (Lipinski definition) is 0. The van der Waals surface area contributed by atoms with Crippen molar-refractivity contribution in [3.63, 3.8) is 0 Å². The molecule has 0 fully saturated rings. The molecule has 136 valence electrons. The third-order valence-corrected chi connectivity index (χ3v) is 5.12. The van der Waals surface area contributed by atoms with E-state index in [2.05, 4.69) is 47.8 Å². The van der Waals surface area contributed by atoms with Crippen LogP contribution in [0.3, 0.4) is 0 Å². The molecule has 0 radical (unpaired) electrons. The van der Waals surface area contributed by atoms with Crippen molar-refractivity contribution in [2.24, 2.45) is 5.10 Å². The highest BCUT2D eigenvalue weighted by Crippen LogP contribution is 2.38. The number of para-hydroxylation sites is 1. The van der Waals surface area contributed by atoms with E-state index in [1.54, 1.807) is 7.11 Å². The summed E-state index contributed by atoms with van der Waals surface area (Å²) in [5.41, 5.74) is 4.57. The average Bonchev–Trinajstić information content (AvgIpc) is 2.85. The summed E-state index contributed by atoms with van der Waals surface area (Å²) in [6.07, 6.45) is 1.96. The number of rotatable bonds is 6. The second kappa shape index (κ2) is 7.60. The van der Waals surface area contributed by atoms with Gasteiger partial charge in [-0.2, -0.15) is 9.68 Å². The Balaban J connectivity index is 1.95. The van der Waals surface area contributed by atoms with E-state index in [4.69, 9.17) is 16.3 Å². The number of methoxy groups -OCH3 is 1. The second-order valence-corrected chi connectivity index (χ2v) is 7.35. The molecule has 5 heteroatoms. The Morgan fingerprint density at radius 1 is 1.15 bits per heavy atom. The van der Waals surface area contributed by atoms with Crippen LogP contribution in [0.2, 0.25) is 5.02 Å². The number of fused-ring (bicyclic) bond motifs is 1. The summed E-state index contributed by atoms with van der Waals surface area (Å²) < 4.78 is 7.62. The van der Waals surface area contributed by atoms with E-state index in [1.165, 1.54) is 11.3 Å². The molecule has 3 rings (SSSR count). The van der Waals surface area contributed by atoms with Crippen LogP contribution in [0.4, 0.5) is 11.4 Å². The SMILES string of the molecule is COCC[N+]1=C(C=NN(C)c2ccc(Cl)cc2)C(C)(C)c2ccccc21. The lowest BCUT2D eigenvalue weighted by Crippen LogP contribution is -2.32. The van der Waals surface area contributed by atoms with E-state index in [-0.39, 0.29) is 5.41 Å². The van der Waals surface area contributed by atoms with Gasteiger partial charge in [0.1, 0.15) is 12.8 Å². The van der Waals surface area contributed by atoms with E-state index in [0.29, 0.717) is 6.61 Å². The zero-order valence-corrected chi connectivity index (χ0v) is 16.5. The molecule has 0 N–H and O–H groups in total. The second-order valence-electron chi connectivity index (χ2n) is 6.92. The van der Waals surface area contributed by atoms with Gasteiger partial charge in [-0.05, 0) is 38.1 Å². The maximum absolute atomic E-state index is 5.97. The van der Waals surface area contributed by atoms with E-state index in [1.807, 2.05) is 42.5 Å². The summed E-state index contributed by atoms with van der Waals surface area (Å²) in [6, 6.07) is 16.2. The Morgan fingerprint density at radius 3 is 2.54 bits per heavy atom. The van der Waals surface area contributed by atoms with Crippen molar-refractivity contribution in [3.05, 3.63) is 59.1 Å². The van der Waals surface area contributed by atoms with Gasteiger partial charge in [-0.25, -0.2) is 0 Å². The minimum absolute atomic E-state index is 0.116. The third kappa shape index (κ3) is 3.53. The van der Waals surface area contributed by atoms with Gasteiger partial charge in [0, 0.05) is 30.8 Å². The Hall–Kier alpha value is -2.17. The summed E-state index contributed by atoms with van der Waals surface area (Å²) in [5, 5.41) is 7.27. The van der Waals surface area contributed by atoms with Gasteiger partial charge >= 0.3 is 0 Å². The zero-order chi connectivity index (χ0) is 18.7. The standard InChI is InChI=1S/C21H25ClN3O/c1-21(2)18-7-5-6-8-19(18)25(13-14-26-4)20(21)15-23-24(3)17-11-9-16(22)10-12-17/h5-12,15H,13-14H2,1-4H3/q+1. The molecule has 0 unspecified atom stereocenters. The molecular weight excluding hydrogens is 346 g/mol. The fraction of sp³-hybridized carbons (Fsp3) is 0.333. The van der Waals surface area contributed by atoms with Gasteiger partial charge in [-0.1, -0.05) is 29.8 Å². The highest BCUT2D eigenvalue weighted by Gasteiger charge is 2.44. The van der Waals surface area contributed by atoms with Crippen LogP contribution >= 0.6 is 11.6 Å². The molecule has 1 aliphatic heterocycles. The van der Waals surface area contributed by atoms with E-state index < -0.39 is 0 Å². The summed E-state index contributed by atoms with van der Waals surface area (Å²) in [7, 11) is 3.67. The lowest BCUT2D eigenvalue weighted by Gasteiger charge is -2.16. The quantitative estimate of drug-likeness (QED) is 0.426. The maximum Gasteiger partial charge on any atom is 0.212 e. The first-order chi connectivity index (χ1) is 12.4. The molecule has 0 saturated carbocycles.